The van der Waals surface area contributed by atoms with E-state index < -0.39 is 41.1 Å². The van der Waals surface area contributed by atoms with Gasteiger partial charge in [0.15, 0.2) is 10.7 Å². The van der Waals surface area contributed by atoms with Crippen molar-refractivity contribution < 1.29 is 29.4 Å². The number of hydrogen-bond donors (Lipinski definition) is 6. The summed E-state index contributed by atoms with van der Waals surface area (Å²) in [7, 11) is 0. The van der Waals surface area contributed by atoms with Crippen LogP contribution in [0.15, 0.2) is 40.6 Å². The lowest BCUT2D eigenvalue weighted by Crippen LogP contribution is -2.71. The van der Waals surface area contributed by atoms with Crippen LogP contribution >= 0.6 is 23.5 Å². The lowest BCUT2D eigenvalue weighted by atomic mass is 10.0. The number of carboxylic acids is 1. The zero-order valence-corrected chi connectivity index (χ0v) is 20.6. The molecular formula is C21H23N7O6S2. The molecule has 2 unspecified atom stereocenters. The Balaban J connectivity index is 1.45. The van der Waals surface area contributed by atoms with Gasteiger partial charge >= 0.3 is 5.97 Å². The Morgan fingerprint density at radius 2 is 2.03 bits per heavy atom. The summed E-state index contributed by atoms with van der Waals surface area (Å²) in [6, 6.07) is 3.82. The minimum Gasteiger partial charge on any atom is -0.508 e. The zero-order chi connectivity index (χ0) is 26.0. The summed E-state index contributed by atoms with van der Waals surface area (Å²) in [6.07, 6.45) is 0. The van der Waals surface area contributed by atoms with Gasteiger partial charge in [0.2, 0.25) is 5.91 Å². The van der Waals surface area contributed by atoms with Crippen LogP contribution in [0.2, 0.25) is 0 Å². The second-order valence-corrected chi connectivity index (χ2v) is 9.92. The predicted molar refractivity (Wildman–Crippen MR) is 130 cm³/mol. The SMILES string of the molecule is CCNC(=O)c1n[nH]nc1SCC1=C(C(=O)O)N2C(=O)C(NC(=O)C(N)c3ccc(O)cc3)[C@@H]2SC1. The van der Waals surface area contributed by atoms with Gasteiger partial charge in [-0.2, -0.15) is 5.21 Å². The third kappa shape index (κ3) is 4.89. The van der Waals surface area contributed by atoms with Gasteiger partial charge in [0.05, 0.1) is 0 Å². The second kappa shape index (κ2) is 10.6. The van der Waals surface area contributed by atoms with Crippen LogP contribution in [0.25, 0.3) is 0 Å². The van der Waals surface area contributed by atoms with Crippen LogP contribution < -0.4 is 16.4 Å². The van der Waals surface area contributed by atoms with Gasteiger partial charge in [-0.3, -0.25) is 19.3 Å². The van der Waals surface area contributed by atoms with Crippen molar-refractivity contribution in [2.75, 3.05) is 18.1 Å². The number of H-pyrrole nitrogens is 1. The summed E-state index contributed by atoms with van der Waals surface area (Å²) in [5.41, 5.74) is 6.89. The van der Waals surface area contributed by atoms with Gasteiger partial charge in [-0.05, 0) is 30.2 Å². The number of phenols is 1. The largest absolute Gasteiger partial charge is 0.508 e. The highest BCUT2D eigenvalue weighted by molar-refractivity contribution is 8.01. The highest BCUT2D eigenvalue weighted by atomic mass is 32.2. The average Bonchev–Trinajstić information content (AvgIpc) is 3.34. The number of nitrogens with one attached hydrogen (secondary N) is 3. The van der Waals surface area contributed by atoms with Crippen molar-refractivity contribution in [3.8, 4) is 5.75 Å². The van der Waals surface area contributed by atoms with Gasteiger partial charge in [-0.1, -0.05) is 23.9 Å². The first-order chi connectivity index (χ1) is 17.2. The van der Waals surface area contributed by atoms with E-state index in [1.54, 1.807) is 6.92 Å². The molecule has 2 aromatic rings. The molecule has 0 aliphatic carbocycles. The molecule has 3 heterocycles. The minimum absolute atomic E-state index is 0.0285. The zero-order valence-electron chi connectivity index (χ0n) is 18.9. The first kappa shape index (κ1) is 25.5. The minimum atomic E-state index is -1.26. The van der Waals surface area contributed by atoms with E-state index in [4.69, 9.17) is 5.73 Å². The maximum Gasteiger partial charge on any atom is 0.352 e. The second-order valence-electron chi connectivity index (χ2n) is 7.85. The van der Waals surface area contributed by atoms with Crippen LogP contribution in [0.1, 0.15) is 29.0 Å². The number of carbonyl (C=O) groups excluding carboxylic acids is 3. The van der Waals surface area contributed by atoms with Crippen molar-refractivity contribution in [3.05, 3.63) is 46.8 Å². The predicted octanol–water partition coefficient (Wildman–Crippen LogP) is -0.209. The van der Waals surface area contributed by atoms with E-state index in [9.17, 15) is 29.4 Å². The van der Waals surface area contributed by atoms with Gasteiger partial charge in [-0.15, -0.1) is 22.0 Å². The van der Waals surface area contributed by atoms with E-state index in [-0.39, 0.29) is 22.9 Å². The molecule has 13 nitrogen and oxygen atoms in total. The van der Waals surface area contributed by atoms with Crippen molar-refractivity contribution in [3.63, 3.8) is 0 Å². The number of nitrogens with zero attached hydrogens (tertiary/aromatic N) is 3. The number of carboxylic acid groups (broad SMARTS) is 1. The smallest absolute Gasteiger partial charge is 0.352 e. The fourth-order valence-corrected chi connectivity index (χ4v) is 6.15. The number of aromatic amines is 1. The standard InChI is InChI=1S/C21H23N7O6S2/c1-2-23-17(31)13-18(26-27-25-13)35-7-10-8-36-20-14(19(32)28(20)15(10)21(33)34)24-16(30)12(22)9-3-5-11(29)6-4-9/h3-6,12,14,20,29H,2,7-8,22H2,1H3,(H,23,31)(H,24,30)(H,33,34)(H,25,26,27)/t12?,14?,20-/m0/s1. The molecule has 1 aromatic heterocycles. The number of benzene rings is 1. The molecule has 1 fully saturated rings. The molecule has 2 aliphatic rings. The molecule has 4 rings (SSSR count). The highest BCUT2D eigenvalue weighted by Gasteiger charge is 2.54. The summed E-state index contributed by atoms with van der Waals surface area (Å²) in [4.78, 5) is 50.9. The average molecular weight is 534 g/mol. The Morgan fingerprint density at radius 1 is 1.31 bits per heavy atom. The van der Waals surface area contributed by atoms with Crippen molar-refractivity contribution >= 4 is 47.2 Å². The molecule has 1 saturated heterocycles. The highest BCUT2D eigenvalue weighted by Crippen LogP contribution is 2.41. The number of fused-ring (bicyclic) bond motifs is 1. The molecule has 3 amide bonds. The lowest BCUT2D eigenvalue weighted by molar-refractivity contribution is -0.150. The van der Waals surface area contributed by atoms with Crippen molar-refractivity contribution in [2.45, 2.75) is 29.4 Å². The van der Waals surface area contributed by atoms with Crippen LogP contribution in [-0.2, 0) is 14.4 Å². The third-order valence-electron chi connectivity index (χ3n) is 5.53. The number of β-lactam (4-membered cyclic amide) rings is 1. The molecule has 0 spiro atoms. The molecule has 15 heteroatoms. The van der Waals surface area contributed by atoms with Gasteiger partial charge < -0.3 is 26.6 Å². The van der Waals surface area contributed by atoms with E-state index in [0.29, 0.717) is 28.5 Å². The number of hydrogen-bond acceptors (Lipinski definition) is 10. The number of thioether (sulfide) groups is 2. The number of amides is 3. The van der Waals surface area contributed by atoms with E-state index in [0.717, 1.165) is 16.7 Å². The van der Waals surface area contributed by atoms with Crippen molar-refractivity contribution in [2.24, 2.45) is 5.73 Å². The Morgan fingerprint density at radius 3 is 2.69 bits per heavy atom. The maximum atomic E-state index is 12.9. The van der Waals surface area contributed by atoms with Crippen LogP contribution in [0, 0.1) is 0 Å². The van der Waals surface area contributed by atoms with E-state index in [2.05, 4.69) is 26.0 Å². The monoisotopic (exact) mass is 533 g/mol. The molecule has 0 bridgehead atoms. The van der Waals surface area contributed by atoms with Gasteiger partial charge in [0.1, 0.15) is 28.9 Å². The number of rotatable bonds is 9. The number of aliphatic carboxylic acids is 1. The van der Waals surface area contributed by atoms with Crippen molar-refractivity contribution in [1.82, 2.24) is 30.9 Å². The maximum absolute atomic E-state index is 12.9. The molecule has 7 N–H and O–H groups in total. The molecule has 0 radical (unpaired) electrons. The van der Waals surface area contributed by atoms with Gasteiger partial charge in [0.25, 0.3) is 11.8 Å². The molecule has 2 aliphatic heterocycles. The molecule has 36 heavy (non-hydrogen) atoms. The summed E-state index contributed by atoms with van der Waals surface area (Å²) in [5, 5.41) is 34.4. The normalized spacial score (nSPS) is 19.8. The summed E-state index contributed by atoms with van der Waals surface area (Å²) >= 11 is 2.46. The molecule has 3 atom stereocenters. The van der Waals surface area contributed by atoms with E-state index in [1.807, 2.05) is 0 Å². The number of carbonyl (C=O) groups is 4. The first-order valence-electron chi connectivity index (χ1n) is 10.8. The van der Waals surface area contributed by atoms with Crippen LogP contribution in [0.5, 0.6) is 5.75 Å². The first-order valence-corrected chi connectivity index (χ1v) is 12.8. The summed E-state index contributed by atoms with van der Waals surface area (Å²) in [5.74, 6) is -2.31. The van der Waals surface area contributed by atoms with Crippen LogP contribution in [0.4, 0.5) is 0 Å². The molecule has 190 valence electrons. The lowest BCUT2D eigenvalue weighted by Gasteiger charge is -2.49. The third-order valence-corrected chi connectivity index (χ3v) is 7.92. The number of aromatic nitrogens is 3. The quantitative estimate of drug-likeness (QED) is 0.184. The number of aromatic hydroxyl groups is 1. The Hall–Kier alpha value is -3.56. The van der Waals surface area contributed by atoms with E-state index >= 15 is 0 Å². The Labute approximate surface area is 213 Å². The topological polar surface area (TPSA) is 204 Å². The van der Waals surface area contributed by atoms with Gasteiger partial charge in [-0.25, -0.2) is 4.79 Å². The molecule has 1 aromatic carbocycles. The summed E-state index contributed by atoms with van der Waals surface area (Å²) in [6.45, 7) is 2.18. The van der Waals surface area contributed by atoms with Crippen molar-refractivity contribution in [1.29, 1.82) is 0 Å². The van der Waals surface area contributed by atoms with Crippen LogP contribution in [-0.4, -0.2) is 83.7 Å². The fraction of sp³-hybridized carbons (Fsp3) is 0.333. The van der Waals surface area contributed by atoms with Crippen LogP contribution in [0.3, 0.4) is 0 Å². The molecular weight excluding hydrogens is 510 g/mol. The fourth-order valence-electron chi connectivity index (χ4n) is 3.74. The van der Waals surface area contributed by atoms with Gasteiger partial charge in [0, 0.05) is 18.1 Å². The van der Waals surface area contributed by atoms with E-state index in [1.165, 1.54) is 36.0 Å². The number of phenolic OH excluding ortho intramolecular Hbond substituents is 1. The number of nitrogens with two attached hydrogens (primary N) is 1. The molecule has 0 saturated carbocycles. The Kier molecular flexibility index (Phi) is 7.51. The summed E-state index contributed by atoms with van der Waals surface area (Å²) < 4.78 is 0. The Bertz CT molecular complexity index is 1230.